The van der Waals surface area contributed by atoms with E-state index in [1.807, 2.05) is 12.2 Å². The van der Waals surface area contributed by atoms with Crippen molar-refractivity contribution in [3.63, 3.8) is 0 Å². The van der Waals surface area contributed by atoms with Crippen LogP contribution in [0, 0.1) is 11.8 Å². The van der Waals surface area contributed by atoms with Gasteiger partial charge in [-0.1, -0.05) is 30.4 Å². The Morgan fingerprint density at radius 3 is 2.78 bits per heavy atom. The first-order chi connectivity index (χ1) is 15.2. The van der Waals surface area contributed by atoms with Crippen LogP contribution in [0.5, 0.6) is 5.75 Å². The third-order valence-corrected chi connectivity index (χ3v) is 5.54. The second-order valence-corrected chi connectivity index (χ2v) is 7.95. The number of aliphatic hydroxyl groups excluding tert-OH is 2. The van der Waals surface area contributed by atoms with Gasteiger partial charge in [0.25, 0.3) is 0 Å². The van der Waals surface area contributed by atoms with Gasteiger partial charge >= 0.3 is 12.1 Å². The molecular formula is C24H31F3O5. The molecule has 2 rings (SSSR count). The third-order valence-electron chi connectivity index (χ3n) is 5.54. The molecule has 2 N–H and O–H groups in total. The Morgan fingerprint density at radius 1 is 1.28 bits per heavy atom. The van der Waals surface area contributed by atoms with Crippen LogP contribution in [0.2, 0.25) is 0 Å². The van der Waals surface area contributed by atoms with Crippen molar-refractivity contribution >= 4 is 5.97 Å². The topological polar surface area (TPSA) is 76.0 Å². The minimum absolute atomic E-state index is 0.0309. The molecule has 0 aliphatic heterocycles. The number of aliphatic hydroxyl groups is 2. The molecule has 8 heteroatoms. The highest BCUT2D eigenvalue weighted by molar-refractivity contribution is 5.69. The fraction of sp³-hybridized carbons (Fsp3) is 0.542. The van der Waals surface area contributed by atoms with Crippen LogP contribution in [0.3, 0.4) is 0 Å². The van der Waals surface area contributed by atoms with E-state index in [4.69, 9.17) is 4.74 Å². The van der Waals surface area contributed by atoms with Crippen LogP contribution >= 0.6 is 0 Å². The van der Waals surface area contributed by atoms with E-state index >= 15 is 0 Å². The summed E-state index contributed by atoms with van der Waals surface area (Å²) in [5.74, 6) is -0.0749. The van der Waals surface area contributed by atoms with Gasteiger partial charge < -0.3 is 19.7 Å². The average molecular weight is 457 g/mol. The zero-order valence-corrected chi connectivity index (χ0v) is 18.1. The second kappa shape index (κ2) is 12.6. The smallest absolute Gasteiger partial charge is 0.416 e. The molecule has 178 valence electrons. The average Bonchev–Trinajstić information content (AvgIpc) is 3.11. The molecule has 1 saturated carbocycles. The Kier molecular flexibility index (Phi) is 10.3. The third kappa shape index (κ3) is 8.67. The van der Waals surface area contributed by atoms with Crippen molar-refractivity contribution in [2.75, 3.05) is 13.7 Å². The zero-order valence-electron chi connectivity index (χ0n) is 18.1. The van der Waals surface area contributed by atoms with E-state index in [-0.39, 0.29) is 30.2 Å². The van der Waals surface area contributed by atoms with Crippen LogP contribution in [0.25, 0.3) is 0 Å². The number of unbranched alkanes of at least 4 members (excludes halogenated alkanes) is 1. The predicted octanol–water partition coefficient (Wildman–Crippen LogP) is 4.68. The second-order valence-electron chi connectivity index (χ2n) is 7.95. The van der Waals surface area contributed by atoms with Crippen molar-refractivity contribution in [3.8, 4) is 5.75 Å². The minimum atomic E-state index is -4.46. The Hall–Kier alpha value is -2.32. The lowest BCUT2D eigenvalue weighted by Crippen LogP contribution is -2.19. The summed E-state index contributed by atoms with van der Waals surface area (Å²) in [6.07, 6.45) is 5.60. The maximum absolute atomic E-state index is 12.8. The van der Waals surface area contributed by atoms with Gasteiger partial charge in [0.15, 0.2) is 0 Å². The number of hydrogen-bond acceptors (Lipinski definition) is 5. The summed E-state index contributed by atoms with van der Waals surface area (Å²) in [6.45, 7) is -0.189. The van der Waals surface area contributed by atoms with E-state index in [1.165, 1.54) is 25.3 Å². The number of ether oxygens (including phenoxy) is 2. The fourth-order valence-corrected chi connectivity index (χ4v) is 3.76. The number of carbonyl (C=O) groups is 1. The summed E-state index contributed by atoms with van der Waals surface area (Å²) in [7, 11) is 1.37. The molecule has 0 radical (unpaired) electrons. The number of halogens is 3. The molecule has 1 aliphatic rings. The molecule has 0 unspecified atom stereocenters. The van der Waals surface area contributed by atoms with Crippen LogP contribution in [-0.2, 0) is 15.7 Å². The summed E-state index contributed by atoms with van der Waals surface area (Å²) >= 11 is 0. The first-order valence-electron chi connectivity index (χ1n) is 10.8. The number of benzene rings is 1. The van der Waals surface area contributed by atoms with Crippen molar-refractivity contribution < 1.29 is 37.7 Å². The molecule has 1 fully saturated rings. The molecule has 0 amide bonds. The van der Waals surface area contributed by atoms with E-state index in [0.29, 0.717) is 12.8 Å². The number of alkyl halides is 3. The van der Waals surface area contributed by atoms with Crippen molar-refractivity contribution in [1.82, 2.24) is 0 Å². The number of hydrogen-bond donors (Lipinski definition) is 2. The van der Waals surface area contributed by atoms with Crippen LogP contribution in [0.15, 0.2) is 48.6 Å². The van der Waals surface area contributed by atoms with Crippen molar-refractivity contribution in [3.05, 3.63) is 54.1 Å². The van der Waals surface area contributed by atoms with Crippen LogP contribution in [-0.4, -0.2) is 42.1 Å². The van der Waals surface area contributed by atoms with Crippen LogP contribution < -0.4 is 4.74 Å². The van der Waals surface area contributed by atoms with Gasteiger partial charge in [-0.05, 0) is 56.2 Å². The molecule has 0 heterocycles. The van der Waals surface area contributed by atoms with Crippen LogP contribution in [0.1, 0.15) is 44.1 Å². The van der Waals surface area contributed by atoms with E-state index < -0.39 is 23.9 Å². The number of allylic oxidation sites excluding steroid dienone is 2. The standard InChI is InChI=1S/C24H31F3O5/c1-31-23(30)10-5-3-2-4-7-17-11-14-22(29)21(17)13-12-19(28)16-32-20-9-6-8-18(15-20)24(25,26)27/h2,4,6,8-9,12-13,15,17,19,21-22,28-29H,3,5,7,10-11,14,16H2,1H3/b4-2-,13-12+/t17-,19+,21+,22+/m0/s1. The lowest BCUT2D eigenvalue weighted by atomic mass is 9.91. The summed E-state index contributed by atoms with van der Waals surface area (Å²) in [5, 5.41) is 20.4. The molecule has 0 saturated heterocycles. The minimum Gasteiger partial charge on any atom is -0.491 e. The molecule has 0 aromatic heterocycles. The van der Waals surface area contributed by atoms with Gasteiger partial charge in [0.2, 0.25) is 0 Å². The molecular weight excluding hydrogens is 425 g/mol. The van der Waals surface area contributed by atoms with Gasteiger partial charge in [-0.25, -0.2) is 0 Å². The Labute approximate surface area is 186 Å². The number of methoxy groups -OCH3 is 1. The Balaban J connectivity index is 1.80. The molecule has 5 nitrogen and oxygen atoms in total. The van der Waals surface area contributed by atoms with E-state index in [9.17, 15) is 28.2 Å². The maximum Gasteiger partial charge on any atom is 0.416 e. The quantitative estimate of drug-likeness (QED) is 0.287. The number of rotatable bonds is 11. The molecule has 1 aliphatic carbocycles. The first-order valence-corrected chi connectivity index (χ1v) is 10.8. The lowest BCUT2D eigenvalue weighted by molar-refractivity contribution is -0.140. The molecule has 1 aromatic rings. The number of esters is 1. The number of carbonyl (C=O) groups excluding carboxylic acids is 1. The normalized spacial score (nSPS) is 22.5. The molecule has 0 spiro atoms. The van der Waals surface area contributed by atoms with E-state index in [1.54, 1.807) is 6.08 Å². The van der Waals surface area contributed by atoms with Gasteiger partial charge in [-0.3, -0.25) is 4.79 Å². The van der Waals surface area contributed by atoms with Crippen molar-refractivity contribution in [2.45, 2.75) is 56.9 Å². The highest BCUT2D eigenvalue weighted by Crippen LogP contribution is 2.36. The SMILES string of the molecule is COC(=O)CCC/C=C\C[C@H]1CC[C@@H](O)[C@@H]1/C=C/[C@@H](O)COc1cccc(C(F)(F)F)c1. The largest absolute Gasteiger partial charge is 0.491 e. The molecule has 1 aromatic carbocycles. The highest BCUT2D eigenvalue weighted by Gasteiger charge is 2.32. The Morgan fingerprint density at radius 2 is 2.06 bits per heavy atom. The Bertz CT molecular complexity index is 775. The summed E-state index contributed by atoms with van der Waals surface area (Å²) in [6, 6.07) is 4.51. The monoisotopic (exact) mass is 456 g/mol. The van der Waals surface area contributed by atoms with Crippen molar-refractivity contribution in [2.24, 2.45) is 11.8 Å². The predicted molar refractivity (Wildman–Crippen MR) is 114 cm³/mol. The van der Waals surface area contributed by atoms with Gasteiger partial charge in [0, 0.05) is 12.3 Å². The van der Waals surface area contributed by atoms with Crippen molar-refractivity contribution in [1.29, 1.82) is 0 Å². The molecule has 0 bridgehead atoms. The highest BCUT2D eigenvalue weighted by atomic mass is 19.4. The molecule has 4 atom stereocenters. The maximum atomic E-state index is 12.8. The summed E-state index contributed by atoms with van der Waals surface area (Å²) < 4.78 is 48.2. The van der Waals surface area contributed by atoms with Gasteiger partial charge in [0.1, 0.15) is 18.5 Å². The van der Waals surface area contributed by atoms with E-state index in [2.05, 4.69) is 4.74 Å². The first kappa shape index (κ1) is 25.9. The fourth-order valence-electron chi connectivity index (χ4n) is 3.76. The van der Waals surface area contributed by atoms with Gasteiger partial charge in [-0.2, -0.15) is 13.2 Å². The van der Waals surface area contributed by atoms with Gasteiger partial charge in [0.05, 0.1) is 18.8 Å². The summed E-state index contributed by atoms with van der Waals surface area (Å²) in [5.41, 5.74) is -0.810. The zero-order chi connectivity index (χ0) is 23.6. The van der Waals surface area contributed by atoms with E-state index in [0.717, 1.165) is 37.8 Å². The summed E-state index contributed by atoms with van der Waals surface area (Å²) in [4.78, 5) is 11.1. The lowest BCUT2D eigenvalue weighted by Gasteiger charge is -2.18. The van der Waals surface area contributed by atoms with Gasteiger partial charge in [-0.15, -0.1) is 0 Å². The molecule has 32 heavy (non-hydrogen) atoms. The van der Waals surface area contributed by atoms with Crippen LogP contribution in [0.4, 0.5) is 13.2 Å².